The topological polar surface area (TPSA) is 87.1 Å². The average molecular weight is 487 g/mol. The van der Waals surface area contributed by atoms with Crippen LogP contribution in [0.3, 0.4) is 0 Å². The molecule has 1 aromatic rings. The van der Waals surface area contributed by atoms with E-state index < -0.39 is 11.5 Å². The molecular formula is C20H26INO5. The van der Waals surface area contributed by atoms with E-state index in [2.05, 4.69) is 27.3 Å². The van der Waals surface area contributed by atoms with E-state index in [9.17, 15) is 14.7 Å². The highest BCUT2D eigenvalue weighted by Crippen LogP contribution is 2.45. The van der Waals surface area contributed by atoms with E-state index >= 15 is 0 Å². The van der Waals surface area contributed by atoms with E-state index in [1.807, 2.05) is 18.2 Å². The summed E-state index contributed by atoms with van der Waals surface area (Å²) in [5.74, 6) is -1.05. The van der Waals surface area contributed by atoms with Crippen LogP contribution < -0.4 is 4.90 Å². The lowest BCUT2D eigenvalue weighted by Crippen LogP contribution is -2.44. The number of nitrogens with zero attached hydrogens (tertiary/aromatic N) is 1. The predicted octanol–water partition coefficient (Wildman–Crippen LogP) is 2.74. The molecule has 1 aliphatic rings. The number of methoxy groups -OCH3 is 1. The van der Waals surface area contributed by atoms with E-state index in [4.69, 9.17) is 5.11 Å². The number of carbonyl (C=O) groups is 2. The molecule has 148 valence electrons. The molecular weight excluding hydrogens is 461 g/mol. The number of halogens is 1. The van der Waals surface area contributed by atoms with Crippen LogP contribution in [0, 0.1) is 9.49 Å². The highest BCUT2D eigenvalue weighted by Gasteiger charge is 2.52. The zero-order valence-corrected chi connectivity index (χ0v) is 17.8. The number of rotatable bonds is 9. The maximum Gasteiger partial charge on any atom is 0.305 e. The zero-order valence-electron chi connectivity index (χ0n) is 15.7. The van der Waals surface area contributed by atoms with Gasteiger partial charge < -0.3 is 19.8 Å². The maximum atomic E-state index is 13.2. The molecule has 0 bridgehead atoms. The summed E-state index contributed by atoms with van der Waals surface area (Å²) in [7, 11) is 1.36. The van der Waals surface area contributed by atoms with Gasteiger partial charge in [-0.05, 0) is 60.1 Å². The van der Waals surface area contributed by atoms with Crippen LogP contribution in [0.15, 0.2) is 30.4 Å². The lowest BCUT2D eigenvalue weighted by Gasteiger charge is -2.27. The van der Waals surface area contributed by atoms with Crippen molar-refractivity contribution in [1.82, 2.24) is 0 Å². The number of aliphatic hydroxyl groups excluding tert-OH is 1. The molecule has 2 rings (SSSR count). The second kappa shape index (κ2) is 9.66. The monoisotopic (exact) mass is 487 g/mol. The number of aliphatic hydroxyl groups is 2. The predicted molar refractivity (Wildman–Crippen MR) is 111 cm³/mol. The first-order valence-electron chi connectivity index (χ1n) is 9.05. The number of carbonyl (C=O) groups excluding carboxylic acids is 2. The fourth-order valence-corrected chi connectivity index (χ4v) is 3.79. The van der Waals surface area contributed by atoms with Gasteiger partial charge in [-0.1, -0.05) is 19.1 Å². The maximum absolute atomic E-state index is 13.2. The van der Waals surface area contributed by atoms with Gasteiger partial charge in [0.05, 0.1) is 12.8 Å². The summed E-state index contributed by atoms with van der Waals surface area (Å²) in [6.45, 7) is 2.26. The van der Waals surface area contributed by atoms with Gasteiger partial charge in [0.1, 0.15) is 0 Å². The zero-order chi connectivity index (χ0) is 20.0. The third kappa shape index (κ3) is 4.70. The molecule has 1 aliphatic heterocycles. The number of anilines is 1. The smallest absolute Gasteiger partial charge is 0.305 e. The molecule has 0 aliphatic carbocycles. The Labute approximate surface area is 173 Å². The van der Waals surface area contributed by atoms with E-state index in [1.165, 1.54) is 7.11 Å². The molecule has 2 N–H and O–H groups in total. The standard InChI is InChI=1S/C20H26INO5/c1-14(7-4-6-12-23)20(26)16-13-15(21)9-10-17(16)22(19(20)25)11-5-3-8-18(24)27-2/h4,7,9-10,13-14,23,26H,3,5-6,8,11-12H2,1-2H3/b7-4+/t14-,20+/m1/s1. The van der Waals surface area contributed by atoms with Gasteiger partial charge in [0.25, 0.3) is 5.91 Å². The van der Waals surface area contributed by atoms with Crippen molar-refractivity contribution in [3.05, 3.63) is 39.5 Å². The quantitative estimate of drug-likeness (QED) is 0.242. The fourth-order valence-electron chi connectivity index (χ4n) is 3.30. The molecule has 7 heteroatoms. The Bertz CT molecular complexity index is 720. The third-order valence-electron chi connectivity index (χ3n) is 4.85. The van der Waals surface area contributed by atoms with Gasteiger partial charge in [-0.3, -0.25) is 9.59 Å². The Hall–Kier alpha value is -1.45. The number of unbranched alkanes of at least 4 members (excludes halogenated alkanes) is 1. The molecule has 27 heavy (non-hydrogen) atoms. The summed E-state index contributed by atoms with van der Waals surface area (Å²) >= 11 is 2.16. The Morgan fingerprint density at radius 1 is 1.41 bits per heavy atom. The summed E-state index contributed by atoms with van der Waals surface area (Å²) in [4.78, 5) is 26.0. The van der Waals surface area contributed by atoms with Gasteiger partial charge in [-0.15, -0.1) is 0 Å². The number of hydrogen-bond acceptors (Lipinski definition) is 5. The molecule has 0 saturated carbocycles. The molecule has 0 radical (unpaired) electrons. The van der Waals surface area contributed by atoms with Crippen molar-refractivity contribution in [2.75, 3.05) is 25.2 Å². The fraction of sp³-hybridized carbons (Fsp3) is 0.500. The molecule has 0 fully saturated rings. The molecule has 1 aromatic carbocycles. The van der Waals surface area contributed by atoms with Crippen molar-refractivity contribution in [3.8, 4) is 0 Å². The number of esters is 1. The highest BCUT2D eigenvalue weighted by atomic mass is 127. The van der Waals surface area contributed by atoms with Crippen LogP contribution in [0.25, 0.3) is 0 Å². The highest BCUT2D eigenvalue weighted by molar-refractivity contribution is 14.1. The minimum atomic E-state index is -1.63. The Kier molecular flexibility index (Phi) is 7.81. The average Bonchev–Trinajstić information content (AvgIpc) is 2.87. The van der Waals surface area contributed by atoms with Crippen molar-refractivity contribution in [3.63, 3.8) is 0 Å². The molecule has 6 nitrogen and oxygen atoms in total. The van der Waals surface area contributed by atoms with Crippen molar-refractivity contribution < 1.29 is 24.5 Å². The van der Waals surface area contributed by atoms with Crippen molar-refractivity contribution in [2.45, 2.75) is 38.2 Å². The van der Waals surface area contributed by atoms with Crippen molar-refractivity contribution in [2.24, 2.45) is 5.92 Å². The SMILES string of the molecule is COC(=O)CCCCN1C(=O)[C@](O)([C@H](C)/C=C/CCO)c2cc(I)ccc21. The minimum Gasteiger partial charge on any atom is -0.469 e. The largest absolute Gasteiger partial charge is 0.469 e. The molecule has 0 aromatic heterocycles. The number of ether oxygens (including phenoxy) is 1. The third-order valence-corrected chi connectivity index (χ3v) is 5.52. The summed E-state index contributed by atoms with van der Waals surface area (Å²) in [5.41, 5.74) is -0.318. The molecule has 1 amide bonds. The van der Waals surface area contributed by atoms with E-state index in [-0.39, 0.29) is 18.5 Å². The van der Waals surface area contributed by atoms with Gasteiger partial charge in [-0.2, -0.15) is 0 Å². The van der Waals surface area contributed by atoms with Crippen molar-refractivity contribution >= 4 is 40.2 Å². The first-order valence-corrected chi connectivity index (χ1v) is 10.1. The van der Waals surface area contributed by atoms with E-state index in [1.54, 1.807) is 24.0 Å². The Balaban J connectivity index is 2.24. The minimum absolute atomic E-state index is 0.0242. The first kappa shape index (κ1) is 21.8. The second-order valence-electron chi connectivity index (χ2n) is 6.65. The van der Waals surface area contributed by atoms with Gasteiger partial charge in [0, 0.05) is 34.6 Å². The van der Waals surface area contributed by atoms with Gasteiger partial charge in [-0.25, -0.2) is 0 Å². The van der Waals surface area contributed by atoms with Gasteiger partial charge in [0.2, 0.25) is 0 Å². The van der Waals surface area contributed by atoms with Gasteiger partial charge in [0.15, 0.2) is 5.60 Å². The molecule has 0 saturated heterocycles. The number of benzene rings is 1. The van der Waals surface area contributed by atoms with Crippen LogP contribution >= 0.6 is 22.6 Å². The second-order valence-corrected chi connectivity index (χ2v) is 7.89. The van der Waals surface area contributed by atoms with Crippen LogP contribution in [0.5, 0.6) is 0 Å². The number of hydrogen-bond donors (Lipinski definition) is 2. The molecule has 0 spiro atoms. The first-order chi connectivity index (χ1) is 12.9. The molecule has 1 heterocycles. The number of fused-ring (bicyclic) bond motifs is 1. The summed E-state index contributed by atoms with van der Waals surface area (Å²) < 4.78 is 5.58. The lowest BCUT2D eigenvalue weighted by atomic mass is 9.83. The number of amides is 1. The Morgan fingerprint density at radius 2 is 2.15 bits per heavy atom. The van der Waals surface area contributed by atoms with Crippen LogP contribution in [0.1, 0.15) is 38.2 Å². The normalized spacial score (nSPS) is 20.2. The van der Waals surface area contributed by atoms with E-state index in [0.717, 1.165) is 3.57 Å². The van der Waals surface area contributed by atoms with Crippen LogP contribution in [-0.4, -0.2) is 42.4 Å². The Morgan fingerprint density at radius 3 is 2.81 bits per heavy atom. The van der Waals surface area contributed by atoms with Crippen LogP contribution in [-0.2, 0) is 19.9 Å². The van der Waals surface area contributed by atoms with Gasteiger partial charge >= 0.3 is 5.97 Å². The van der Waals surface area contributed by atoms with Crippen LogP contribution in [0.4, 0.5) is 5.69 Å². The summed E-state index contributed by atoms with van der Waals surface area (Å²) in [5, 5.41) is 20.3. The molecule has 2 atom stereocenters. The summed E-state index contributed by atoms with van der Waals surface area (Å²) in [6, 6.07) is 5.61. The van der Waals surface area contributed by atoms with E-state index in [0.29, 0.717) is 43.5 Å². The molecule has 0 unspecified atom stereocenters. The van der Waals surface area contributed by atoms with Crippen molar-refractivity contribution in [1.29, 1.82) is 0 Å². The lowest BCUT2D eigenvalue weighted by molar-refractivity contribution is -0.140. The summed E-state index contributed by atoms with van der Waals surface area (Å²) in [6.07, 6.45) is 5.59. The van der Waals surface area contributed by atoms with Crippen LogP contribution in [0.2, 0.25) is 0 Å².